The summed E-state index contributed by atoms with van der Waals surface area (Å²) in [5, 5.41) is 10.4. The minimum absolute atomic E-state index is 0.217. The summed E-state index contributed by atoms with van der Waals surface area (Å²) in [6, 6.07) is 9.87. The number of aryl methyl sites for hydroxylation is 1. The molecule has 0 fully saturated rings. The van der Waals surface area contributed by atoms with Crippen LogP contribution >= 0.6 is 0 Å². The molecule has 3 nitrogen and oxygen atoms in total. The van der Waals surface area contributed by atoms with Crippen molar-refractivity contribution in [1.82, 2.24) is 4.98 Å². The van der Waals surface area contributed by atoms with Gasteiger partial charge in [0.1, 0.15) is 18.0 Å². The first-order valence-electron chi connectivity index (χ1n) is 6.08. The maximum absolute atomic E-state index is 10.4. The van der Waals surface area contributed by atoms with E-state index in [0.717, 1.165) is 28.9 Å². The molecule has 0 amide bonds. The predicted molar refractivity (Wildman–Crippen MR) is 68.5 cm³/mol. The lowest BCUT2D eigenvalue weighted by Crippen LogP contribution is -2.23. The van der Waals surface area contributed by atoms with Crippen LogP contribution in [0.3, 0.4) is 0 Å². The molecule has 1 aromatic heterocycles. The van der Waals surface area contributed by atoms with Crippen LogP contribution in [0.15, 0.2) is 42.7 Å². The molecule has 2 atom stereocenters. The second-order valence-corrected chi connectivity index (χ2v) is 4.71. The molecule has 2 aromatic rings. The molecule has 0 bridgehead atoms. The fourth-order valence-corrected chi connectivity index (χ4v) is 2.34. The fourth-order valence-electron chi connectivity index (χ4n) is 2.34. The van der Waals surface area contributed by atoms with Gasteiger partial charge in [0, 0.05) is 24.4 Å². The Bertz CT molecular complexity index is 543. The maximum atomic E-state index is 10.4. The smallest absolute Gasteiger partial charge is 0.133 e. The molecule has 0 saturated heterocycles. The summed E-state index contributed by atoms with van der Waals surface area (Å²) in [6.07, 6.45) is 3.37. The topological polar surface area (TPSA) is 42.4 Å². The third kappa shape index (κ3) is 1.97. The SMILES string of the molecule is Cc1cncc(C(O)C2Cc3ccccc3O2)c1. The van der Waals surface area contributed by atoms with Gasteiger partial charge in [0.05, 0.1) is 0 Å². The van der Waals surface area contributed by atoms with E-state index < -0.39 is 6.10 Å². The van der Waals surface area contributed by atoms with E-state index in [-0.39, 0.29) is 6.10 Å². The quantitative estimate of drug-likeness (QED) is 0.878. The van der Waals surface area contributed by atoms with Crippen molar-refractivity contribution in [3.05, 3.63) is 59.4 Å². The number of pyridine rings is 1. The lowest BCUT2D eigenvalue weighted by atomic mass is 10.0. The molecule has 2 heterocycles. The Hall–Kier alpha value is -1.87. The van der Waals surface area contributed by atoms with Crippen LogP contribution in [0.4, 0.5) is 0 Å². The van der Waals surface area contributed by atoms with Gasteiger partial charge in [-0.2, -0.15) is 0 Å². The summed E-state index contributed by atoms with van der Waals surface area (Å²) in [5.74, 6) is 0.877. The van der Waals surface area contributed by atoms with Crippen molar-refractivity contribution in [2.75, 3.05) is 0 Å². The van der Waals surface area contributed by atoms with E-state index in [9.17, 15) is 5.11 Å². The van der Waals surface area contributed by atoms with E-state index in [4.69, 9.17) is 4.74 Å². The van der Waals surface area contributed by atoms with Gasteiger partial charge in [-0.3, -0.25) is 4.98 Å². The number of nitrogens with zero attached hydrogens (tertiary/aromatic N) is 1. The Morgan fingerprint density at radius 1 is 1.33 bits per heavy atom. The summed E-state index contributed by atoms with van der Waals surface area (Å²) >= 11 is 0. The van der Waals surface area contributed by atoms with Crippen molar-refractivity contribution in [3.63, 3.8) is 0 Å². The number of rotatable bonds is 2. The van der Waals surface area contributed by atoms with E-state index in [1.165, 1.54) is 0 Å². The number of hydrogen-bond acceptors (Lipinski definition) is 3. The van der Waals surface area contributed by atoms with Gasteiger partial charge in [-0.1, -0.05) is 24.3 Å². The lowest BCUT2D eigenvalue weighted by Gasteiger charge is -2.18. The zero-order valence-electron chi connectivity index (χ0n) is 10.2. The van der Waals surface area contributed by atoms with Gasteiger partial charge in [-0.15, -0.1) is 0 Å². The average Bonchev–Trinajstić information content (AvgIpc) is 2.81. The van der Waals surface area contributed by atoms with Crippen LogP contribution in [0.25, 0.3) is 0 Å². The third-order valence-corrected chi connectivity index (χ3v) is 3.26. The average molecular weight is 241 g/mol. The van der Waals surface area contributed by atoms with E-state index >= 15 is 0 Å². The van der Waals surface area contributed by atoms with E-state index in [1.807, 2.05) is 37.3 Å². The number of aliphatic hydroxyl groups is 1. The number of aliphatic hydroxyl groups excluding tert-OH is 1. The summed E-state index contributed by atoms with van der Waals surface area (Å²) in [5.41, 5.74) is 3.01. The molecule has 3 heteroatoms. The highest BCUT2D eigenvalue weighted by atomic mass is 16.5. The second-order valence-electron chi connectivity index (χ2n) is 4.71. The summed E-state index contributed by atoms with van der Waals surface area (Å²) in [4.78, 5) is 4.11. The highest BCUT2D eigenvalue weighted by Gasteiger charge is 2.30. The number of ether oxygens (including phenoxy) is 1. The predicted octanol–water partition coefficient (Wildman–Crippen LogP) is 2.43. The molecule has 0 radical (unpaired) electrons. The van der Waals surface area contributed by atoms with Crippen LogP contribution < -0.4 is 4.74 Å². The van der Waals surface area contributed by atoms with Crippen LogP contribution in [-0.2, 0) is 6.42 Å². The number of hydrogen-bond donors (Lipinski definition) is 1. The van der Waals surface area contributed by atoms with Gasteiger partial charge in [0.2, 0.25) is 0 Å². The second kappa shape index (κ2) is 4.42. The molecule has 92 valence electrons. The van der Waals surface area contributed by atoms with Gasteiger partial charge in [0.15, 0.2) is 0 Å². The summed E-state index contributed by atoms with van der Waals surface area (Å²) in [7, 11) is 0. The standard InChI is InChI=1S/C15H15NO2/c1-10-6-12(9-16-8-10)15(17)14-7-11-4-2-3-5-13(11)18-14/h2-6,8-9,14-15,17H,7H2,1H3. The lowest BCUT2D eigenvalue weighted by molar-refractivity contribution is 0.0489. The molecule has 18 heavy (non-hydrogen) atoms. The van der Waals surface area contributed by atoms with Crippen molar-refractivity contribution in [3.8, 4) is 5.75 Å². The largest absolute Gasteiger partial charge is 0.487 e. The first-order valence-corrected chi connectivity index (χ1v) is 6.08. The molecular formula is C15H15NO2. The fraction of sp³-hybridized carbons (Fsp3) is 0.267. The number of para-hydroxylation sites is 1. The molecule has 1 aliphatic heterocycles. The molecule has 0 spiro atoms. The van der Waals surface area contributed by atoms with Crippen molar-refractivity contribution in [2.24, 2.45) is 0 Å². The van der Waals surface area contributed by atoms with Crippen LogP contribution in [0.5, 0.6) is 5.75 Å². The molecular weight excluding hydrogens is 226 g/mol. The van der Waals surface area contributed by atoms with Crippen molar-refractivity contribution >= 4 is 0 Å². The number of fused-ring (bicyclic) bond motifs is 1. The van der Waals surface area contributed by atoms with Crippen molar-refractivity contribution in [1.29, 1.82) is 0 Å². The summed E-state index contributed by atoms with van der Waals surface area (Å²) in [6.45, 7) is 1.97. The Labute approximate surface area is 106 Å². The monoisotopic (exact) mass is 241 g/mol. The van der Waals surface area contributed by atoms with Crippen LogP contribution in [0.1, 0.15) is 22.8 Å². The number of aromatic nitrogens is 1. The van der Waals surface area contributed by atoms with Crippen LogP contribution in [-0.4, -0.2) is 16.2 Å². The van der Waals surface area contributed by atoms with Crippen LogP contribution in [0, 0.1) is 6.92 Å². The number of benzene rings is 1. The molecule has 1 N–H and O–H groups in total. The molecule has 3 rings (SSSR count). The molecule has 1 aliphatic rings. The molecule has 1 aromatic carbocycles. The van der Waals surface area contributed by atoms with Gasteiger partial charge in [0.25, 0.3) is 0 Å². The van der Waals surface area contributed by atoms with Crippen molar-refractivity contribution < 1.29 is 9.84 Å². The highest BCUT2D eigenvalue weighted by Crippen LogP contribution is 2.33. The molecule has 0 saturated carbocycles. The van der Waals surface area contributed by atoms with Gasteiger partial charge >= 0.3 is 0 Å². The molecule has 2 unspecified atom stereocenters. The summed E-state index contributed by atoms with van der Waals surface area (Å²) < 4.78 is 5.79. The van der Waals surface area contributed by atoms with Gasteiger partial charge < -0.3 is 9.84 Å². The van der Waals surface area contributed by atoms with Gasteiger partial charge in [-0.25, -0.2) is 0 Å². The third-order valence-electron chi connectivity index (χ3n) is 3.26. The van der Waals surface area contributed by atoms with E-state index in [2.05, 4.69) is 4.98 Å². The van der Waals surface area contributed by atoms with E-state index in [1.54, 1.807) is 12.4 Å². The molecule has 0 aliphatic carbocycles. The Kier molecular flexibility index (Phi) is 2.76. The Morgan fingerprint density at radius 2 is 2.17 bits per heavy atom. The first-order chi connectivity index (χ1) is 8.74. The highest BCUT2D eigenvalue weighted by molar-refractivity contribution is 5.38. The maximum Gasteiger partial charge on any atom is 0.133 e. The zero-order chi connectivity index (χ0) is 12.5. The van der Waals surface area contributed by atoms with Crippen molar-refractivity contribution in [2.45, 2.75) is 25.6 Å². The minimum atomic E-state index is -0.634. The Balaban J connectivity index is 1.82. The van der Waals surface area contributed by atoms with Crippen LogP contribution in [0.2, 0.25) is 0 Å². The van der Waals surface area contributed by atoms with Gasteiger partial charge in [-0.05, 0) is 24.1 Å². The van der Waals surface area contributed by atoms with E-state index in [0.29, 0.717) is 0 Å². The normalized spacial score (nSPS) is 19.1. The zero-order valence-corrected chi connectivity index (χ0v) is 10.2. The Morgan fingerprint density at radius 3 is 2.94 bits per heavy atom. The minimum Gasteiger partial charge on any atom is -0.487 e. The first kappa shape index (κ1) is 11.2.